The predicted molar refractivity (Wildman–Crippen MR) is 85.9 cm³/mol. The van der Waals surface area contributed by atoms with Crippen LogP contribution >= 0.6 is 0 Å². The lowest BCUT2D eigenvalue weighted by molar-refractivity contribution is -0.159. The number of rotatable bonds is 1. The number of hydrogen-bond donors (Lipinski definition) is 1. The van der Waals surface area contributed by atoms with Gasteiger partial charge in [-0.05, 0) is 42.9 Å². The molecule has 4 heteroatoms. The van der Waals surface area contributed by atoms with Gasteiger partial charge in [0.1, 0.15) is 0 Å². The molecule has 0 aromatic carbocycles. The molecular formula is C19H26O4. The van der Waals surface area contributed by atoms with Crippen molar-refractivity contribution in [2.24, 2.45) is 21.7 Å². The Bertz CT molecular complexity index is 667. The number of allylic oxidation sites excluding steroid dienone is 1. The Hall–Kier alpha value is -1.45. The van der Waals surface area contributed by atoms with Gasteiger partial charge in [0, 0.05) is 11.0 Å². The lowest BCUT2D eigenvalue weighted by Crippen LogP contribution is -2.55. The molecule has 0 heterocycles. The van der Waals surface area contributed by atoms with Crippen molar-refractivity contribution in [3.8, 4) is 0 Å². The van der Waals surface area contributed by atoms with Crippen LogP contribution in [0.25, 0.3) is 0 Å². The first kappa shape index (κ1) is 16.4. The van der Waals surface area contributed by atoms with Gasteiger partial charge in [-0.15, -0.1) is 0 Å². The zero-order chi connectivity index (χ0) is 17.4. The summed E-state index contributed by atoms with van der Waals surface area (Å²) >= 11 is 0. The fraction of sp³-hybridized carbons (Fsp3) is 0.737. The quantitative estimate of drug-likeness (QED) is 0.751. The number of aliphatic carboxylic acids is 1. The van der Waals surface area contributed by atoms with E-state index in [-0.39, 0.29) is 10.8 Å². The molecule has 2 atom stereocenters. The van der Waals surface area contributed by atoms with E-state index in [4.69, 9.17) is 0 Å². The van der Waals surface area contributed by atoms with E-state index < -0.39 is 28.4 Å². The Balaban J connectivity index is 2.26. The minimum Gasteiger partial charge on any atom is -0.481 e. The Labute approximate surface area is 137 Å². The minimum atomic E-state index is -1.19. The summed E-state index contributed by atoms with van der Waals surface area (Å²) in [4.78, 5) is 37.6. The van der Waals surface area contributed by atoms with Crippen LogP contribution in [0.15, 0.2) is 11.1 Å². The van der Waals surface area contributed by atoms with Crippen LogP contribution in [0.5, 0.6) is 0 Å². The summed E-state index contributed by atoms with van der Waals surface area (Å²) in [7, 11) is 0. The topological polar surface area (TPSA) is 71.4 Å². The summed E-state index contributed by atoms with van der Waals surface area (Å²) in [5.41, 5.74) is -0.915. The van der Waals surface area contributed by atoms with E-state index in [0.717, 1.165) is 18.4 Å². The highest BCUT2D eigenvalue weighted by Gasteiger charge is 2.62. The third-order valence-corrected chi connectivity index (χ3v) is 6.00. The van der Waals surface area contributed by atoms with Crippen molar-refractivity contribution in [1.29, 1.82) is 0 Å². The Morgan fingerprint density at radius 1 is 0.957 bits per heavy atom. The third kappa shape index (κ3) is 2.21. The van der Waals surface area contributed by atoms with E-state index in [1.807, 2.05) is 0 Å². The van der Waals surface area contributed by atoms with E-state index in [2.05, 4.69) is 20.8 Å². The molecule has 3 rings (SSSR count). The molecule has 0 aromatic heterocycles. The third-order valence-electron chi connectivity index (χ3n) is 6.00. The van der Waals surface area contributed by atoms with Gasteiger partial charge in [0.05, 0.1) is 5.41 Å². The van der Waals surface area contributed by atoms with Crippen molar-refractivity contribution in [3.05, 3.63) is 11.1 Å². The summed E-state index contributed by atoms with van der Waals surface area (Å²) in [6, 6.07) is 0. The maximum absolute atomic E-state index is 12.8. The van der Waals surface area contributed by atoms with Gasteiger partial charge in [-0.2, -0.15) is 0 Å². The zero-order valence-corrected chi connectivity index (χ0v) is 14.7. The molecule has 2 bridgehead atoms. The van der Waals surface area contributed by atoms with Crippen LogP contribution in [0.3, 0.4) is 0 Å². The fourth-order valence-electron chi connectivity index (χ4n) is 5.95. The van der Waals surface area contributed by atoms with Crippen molar-refractivity contribution in [2.75, 3.05) is 0 Å². The van der Waals surface area contributed by atoms with Crippen LogP contribution in [-0.2, 0) is 14.4 Å². The molecule has 0 radical (unpaired) electrons. The lowest BCUT2D eigenvalue weighted by atomic mass is 9.45. The molecule has 1 fully saturated rings. The smallest absolute Gasteiger partial charge is 0.314 e. The minimum absolute atomic E-state index is 0.115. The number of carboxylic acids is 1. The van der Waals surface area contributed by atoms with Gasteiger partial charge in [-0.3, -0.25) is 14.4 Å². The van der Waals surface area contributed by atoms with Gasteiger partial charge >= 0.3 is 5.97 Å². The van der Waals surface area contributed by atoms with Gasteiger partial charge < -0.3 is 5.11 Å². The van der Waals surface area contributed by atoms with Crippen molar-refractivity contribution in [2.45, 2.75) is 66.7 Å². The maximum Gasteiger partial charge on any atom is 0.314 e. The second-order valence-corrected chi connectivity index (χ2v) is 9.77. The van der Waals surface area contributed by atoms with Crippen LogP contribution in [0.4, 0.5) is 0 Å². The van der Waals surface area contributed by atoms with E-state index in [1.165, 1.54) is 0 Å². The molecule has 0 spiro atoms. The average Bonchev–Trinajstić information content (AvgIpc) is 2.31. The molecule has 4 nitrogen and oxygen atoms in total. The normalized spacial score (nSPS) is 38.3. The highest BCUT2D eigenvalue weighted by atomic mass is 16.4. The van der Waals surface area contributed by atoms with E-state index >= 15 is 0 Å². The fourth-order valence-corrected chi connectivity index (χ4v) is 5.95. The van der Waals surface area contributed by atoms with E-state index in [1.54, 1.807) is 13.8 Å². The first-order chi connectivity index (χ1) is 10.3. The van der Waals surface area contributed by atoms with Crippen LogP contribution in [0.2, 0.25) is 0 Å². The number of ketones is 2. The molecule has 1 N–H and O–H groups in total. The van der Waals surface area contributed by atoms with Gasteiger partial charge in [0.2, 0.25) is 11.6 Å². The van der Waals surface area contributed by atoms with Gasteiger partial charge in [0.15, 0.2) is 0 Å². The summed E-state index contributed by atoms with van der Waals surface area (Å²) in [5.74, 6) is -1.91. The lowest BCUT2D eigenvalue weighted by Gasteiger charge is -2.57. The van der Waals surface area contributed by atoms with Crippen LogP contribution in [0, 0.1) is 21.7 Å². The number of fused-ring (bicyclic) bond motifs is 3. The van der Waals surface area contributed by atoms with Gasteiger partial charge in [-0.1, -0.05) is 40.2 Å². The molecule has 0 saturated heterocycles. The SMILES string of the molecule is CC1(C)CC2(C)CC3=C(C(=O)C(=O)C(C)(C)C3)C(C(=O)O)(C1)C2. The molecule has 23 heavy (non-hydrogen) atoms. The molecular weight excluding hydrogens is 292 g/mol. The van der Waals surface area contributed by atoms with Gasteiger partial charge in [0.25, 0.3) is 0 Å². The molecule has 126 valence electrons. The highest BCUT2D eigenvalue weighted by molar-refractivity contribution is 6.47. The van der Waals surface area contributed by atoms with Crippen LogP contribution < -0.4 is 0 Å². The van der Waals surface area contributed by atoms with Crippen molar-refractivity contribution in [1.82, 2.24) is 0 Å². The molecule has 0 amide bonds. The van der Waals surface area contributed by atoms with Crippen LogP contribution in [-0.4, -0.2) is 22.6 Å². The molecule has 0 aliphatic heterocycles. The van der Waals surface area contributed by atoms with Crippen molar-refractivity contribution >= 4 is 17.5 Å². The Morgan fingerprint density at radius 2 is 1.57 bits per heavy atom. The molecule has 1 saturated carbocycles. The Morgan fingerprint density at radius 3 is 2.13 bits per heavy atom. The summed E-state index contributed by atoms with van der Waals surface area (Å²) in [5, 5.41) is 10.1. The monoisotopic (exact) mass is 318 g/mol. The molecule has 2 unspecified atom stereocenters. The van der Waals surface area contributed by atoms with Gasteiger partial charge in [-0.25, -0.2) is 0 Å². The predicted octanol–water partition coefficient (Wildman–Crippen LogP) is 3.54. The summed E-state index contributed by atoms with van der Waals surface area (Å²) in [6.07, 6.45) is 3.11. The molecule has 0 aromatic rings. The summed E-state index contributed by atoms with van der Waals surface area (Å²) in [6.45, 7) is 9.88. The maximum atomic E-state index is 12.8. The highest BCUT2D eigenvalue weighted by Crippen LogP contribution is 2.64. The first-order valence-electron chi connectivity index (χ1n) is 8.37. The molecule has 3 aliphatic rings. The second kappa shape index (κ2) is 4.34. The zero-order valence-electron chi connectivity index (χ0n) is 14.7. The number of Topliss-reactive ketones (excluding diaryl/α,β-unsaturated/α-hetero) is 2. The number of carbonyl (C=O) groups excluding carboxylic acids is 2. The summed E-state index contributed by atoms with van der Waals surface area (Å²) < 4.78 is 0. The van der Waals surface area contributed by atoms with E-state index in [9.17, 15) is 19.5 Å². The first-order valence-corrected chi connectivity index (χ1v) is 8.37. The second-order valence-electron chi connectivity index (χ2n) is 9.77. The van der Waals surface area contributed by atoms with Crippen LogP contribution in [0.1, 0.15) is 66.7 Å². The molecule has 3 aliphatic carbocycles. The number of hydrogen-bond acceptors (Lipinski definition) is 3. The van der Waals surface area contributed by atoms with Crippen molar-refractivity contribution in [3.63, 3.8) is 0 Å². The largest absolute Gasteiger partial charge is 0.481 e. The number of carbonyl (C=O) groups is 3. The number of carboxylic acid groups (broad SMARTS) is 1. The van der Waals surface area contributed by atoms with Crippen molar-refractivity contribution < 1.29 is 19.5 Å². The Kier molecular flexibility index (Phi) is 3.10. The standard InChI is InChI=1S/C19H26O4/c1-16(2)8-18(5)7-11-6-17(3,4)14(21)13(20)12(11)19(9-16,10-18)15(22)23/h6-10H2,1-5H3,(H,22,23). The van der Waals surface area contributed by atoms with E-state index in [0.29, 0.717) is 24.8 Å². The average molecular weight is 318 g/mol.